The number of fused-ring (bicyclic) bond motifs is 1. The van der Waals surface area contributed by atoms with E-state index in [-0.39, 0.29) is 20.5 Å². The molecule has 0 bridgehead atoms. The summed E-state index contributed by atoms with van der Waals surface area (Å²) in [4.78, 5) is 11.2. The number of ether oxygens (including phenoxy) is 2. The van der Waals surface area contributed by atoms with E-state index < -0.39 is 0 Å². The smallest absolute Gasteiger partial charge is 0.235 e. The quantitative estimate of drug-likeness (QED) is 0.815. The average Bonchev–Trinajstić information content (AvgIpc) is 2.29. The van der Waals surface area contributed by atoms with Gasteiger partial charge in [0.15, 0.2) is 20.0 Å². The molecule has 6 heteroatoms. The van der Waals surface area contributed by atoms with Crippen LogP contribution in [0, 0.1) is 0 Å². The molecule has 0 atom stereocenters. The van der Waals surface area contributed by atoms with Crippen LogP contribution < -0.4 is 14.8 Å². The molecule has 84 valence electrons. The summed E-state index contributed by atoms with van der Waals surface area (Å²) in [6.07, 6.45) is -0.0472. The van der Waals surface area contributed by atoms with Crippen molar-refractivity contribution in [2.75, 3.05) is 24.7 Å². The highest BCUT2D eigenvalue weighted by atomic mass is 31.1. The van der Waals surface area contributed by atoms with Crippen molar-refractivity contribution in [1.82, 2.24) is 0 Å². The van der Waals surface area contributed by atoms with Crippen LogP contribution in [0.2, 0.25) is 0 Å². The number of nitrogens with one attached hydrogen (secondary N) is 1. The number of hydrogen-bond acceptors (Lipinski definition) is 4. The molecule has 0 saturated carbocycles. The molecule has 1 N–H and O–H groups in total. The normalized spacial score (nSPS) is 13.5. The van der Waals surface area contributed by atoms with Crippen LogP contribution in [0.4, 0.5) is 5.69 Å². The van der Waals surface area contributed by atoms with Crippen LogP contribution in [0.25, 0.3) is 0 Å². The maximum absolute atomic E-state index is 11.2. The van der Waals surface area contributed by atoms with Gasteiger partial charge in [-0.05, 0) is 12.1 Å². The molecule has 16 heavy (non-hydrogen) atoms. The van der Waals surface area contributed by atoms with E-state index in [0.717, 1.165) is 0 Å². The molecule has 0 radical (unpaired) electrons. The summed E-state index contributed by atoms with van der Waals surface area (Å²) in [5.74, 6) is 0.989. The zero-order chi connectivity index (χ0) is 11.4. The third-order valence-corrected chi connectivity index (χ3v) is 2.45. The van der Waals surface area contributed by atoms with Gasteiger partial charge in [0.25, 0.3) is 0 Å². The molecule has 1 amide bonds. The third kappa shape index (κ3) is 2.49. The first-order valence-corrected chi connectivity index (χ1v) is 5.78. The molecule has 0 saturated heterocycles. The Kier molecular flexibility index (Phi) is 3.37. The molecule has 0 aliphatic carbocycles. The van der Waals surface area contributed by atoms with Gasteiger partial charge in [-0.2, -0.15) is 0 Å². The Balaban J connectivity index is 2.11. The largest absolute Gasteiger partial charge is 0.486 e. The average molecular weight is 239 g/mol. The Hall–Kier alpha value is -1.61. The molecule has 5 nitrogen and oxygen atoms in total. The Labute approximate surface area is 93.9 Å². The maximum atomic E-state index is 11.2. The van der Waals surface area contributed by atoms with Crippen molar-refractivity contribution >= 4 is 20.1 Å². The summed E-state index contributed by atoms with van der Waals surface area (Å²) in [7, 11) is -0.191. The van der Waals surface area contributed by atoms with Crippen LogP contribution in [0.15, 0.2) is 18.2 Å². The van der Waals surface area contributed by atoms with Crippen LogP contribution in [0.3, 0.4) is 0 Å². The lowest BCUT2D eigenvalue weighted by Gasteiger charge is -2.18. The number of amides is 1. The second-order valence-corrected chi connectivity index (χ2v) is 3.77. The molecular formula is C10H10NO4P. The van der Waals surface area contributed by atoms with E-state index >= 15 is 0 Å². The van der Waals surface area contributed by atoms with Crippen LogP contribution in [0.1, 0.15) is 0 Å². The van der Waals surface area contributed by atoms with E-state index in [4.69, 9.17) is 9.47 Å². The van der Waals surface area contributed by atoms with Gasteiger partial charge in [-0.25, -0.2) is 0 Å². The molecule has 1 aromatic rings. The summed E-state index contributed by atoms with van der Waals surface area (Å²) in [5.41, 5.74) is 0.609. The van der Waals surface area contributed by atoms with Crippen LogP contribution >= 0.6 is 8.46 Å². The van der Waals surface area contributed by atoms with Crippen molar-refractivity contribution in [2.45, 2.75) is 0 Å². The molecule has 0 fully saturated rings. The second kappa shape index (κ2) is 4.94. The first-order valence-electron chi connectivity index (χ1n) is 4.78. The third-order valence-electron chi connectivity index (χ3n) is 2.03. The van der Waals surface area contributed by atoms with E-state index in [2.05, 4.69) is 5.32 Å². The maximum Gasteiger partial charge on any atom is 0.235 e. The summed E-state index contributed by atoms with van der Waals surface area (Å²) < 4.78 is 20.9. The topological polar surface area (TPSA) is 64.6 Å². The summed E-state index contributed by atoms with van der Waals surface area (Å²) in [6, 6.07) is 5.14. The Morgan fingerprint density at radius 1 is 1.31 bits per heavy atom. The fourth-order valence-electron chi connectivity index (χ4n) is 1.38. The van der Waals surface area contributed by atoms with Crippen molar-refractivity contribution in [3.05, 3.63) is 18.2 Å². The summed E-state index contributed by atoms with van der Waals surface area (Å²) >= 11 is 0. The highest BCUT2D eigenvalue weighted by molar-refractivity contribution is 7.25. The van der Waals surface area contributed by atoms with E-state index in [1.54, 1.807) is 18.2 Å². The number of benzene rings is 1. The highest BCUT2D eigenvalue weighted by Crippen LogP contribution is 2.32. The van der Waals surface area contributed by atoms with Gasteiger partial charge in [0.05, 0.1) is 0 Å². The molecule has 0 spiro atoms. The van der Waals surface area contributed by atoms with E-state index in [1.165, 1.54) is 0 Å². The van der Waals surface area contributed by atoms with E-state index in [0.29, 0.717) is 30.4 Å². The van der Waals surface area contributed by atoms with E-state index in [9.17, 15) is 9.36 Å². The Morgan fingerprint density at radius 2 is 2.06 bits per heavy atom. The fraction of sp³-hybridized carbons (Fsp3) is 0.300. The first-order chi connectivity index (χ1) is 7.79. The highest BCUT2D eigenvalue weighted by Gasteiger charge is 2.12. The molecule has 0 unspecified atom stereocenters. The molecule has 1 heterocycles. The standard InChI is InChI=1S/C10H10NO4P/c12-10(6-16-13)11-7-1-2-8-9(5-7)15-4-3-14-8/h1-2,5H,3-4,6H2,(H,11,12). The van der Waals surface area contributed by atoms with Crippen molar-refractivity contribution < 1.29 is 18.8 Å². The van der Waals surface area contributed by atoms with Crippen molar-refractivity contribution in [3.63, 3.8) is 0 Å². The van der Waals surface area contributed by atoms with Crippen molar-refractivity contribution in [3.8, 4) is 11.5 Å². The zero-order valence-electron chi connectivity index (χ0n) is 8.43. The number of carbonyl (C=O) groups is 1. The molecule has 2 rings (SSSR count). The van der Waals surface area contributed by atoms with Gasteiger partial charge in [-0.1, -0.05) is 0 Å². The number of carbonyl (C=O) groups excluding carboxylic acids is 1. The zero-order valence-corrected chi connectivity index (χ0v) is 9.33. The van der Waals surface area contributed by atoms with Crippen LogP contribution in [-0.4, -0.2) is 25.3 Å². The Bertz CT molecular complexity index is 421. The SMILES string of the molecule is O=PCC(=O)Nc1ccc2c(c1)OCCO2. The molecule has 1 aliphatic heterocycles. The minimum Gasteiger partial charge on any atom is -0.486 e. The van der Waals surface area contributed by atoms with Gasteiger partial charge in [0, 0.05) is 11.8 Å². The summed E-state index contributed by atoms with van der Waals surface area (Å²) in [6.45, 7) is 1.04. The predicted octanol–water partition coefficient (Wildman–Crippen LogP) is 1.69. The van der Waals surface area contributed by atoms with Gasteiger partial charge in [0.2, 0.25) is 5.91 Å². The van der Waals surface area contributed by atoms with Crippen molar-refractivity contribution in [2.24, 2.45) is 0 Å². The second-order valence-electron chi connectivity index (χ2n) is 3.19. The first kappa shape index (κ1) is 10.9. The van der Waals surface area contributed by atoms with Gasteiger partial charge < -0.3 is 14.8 Å². The van der Waals surface area contributed by atoms with Gasteiger partial charge in [-0.15, -0.1) is 0 Å². The molecule has 1 aliphatic rings. The predicted molar refractivity (Wildman–Crippen MR) is 58.5 cm³/mol. The molecular weight excluding hydrogens is 229 g/mol. The number of hydrogen-bond donors (Lipinski definition) is 1. The molecule has 0 aromatic heterocycles. The minimum absolute atomic E-state index is 0.0472. The van der Waals surface area contributed by atoms with Crippen molar-refractivity contribution in [1.29, 1.82) is 0 Å². The minimum atomic E-state index is -0.298. The number of rotatable bonds is 3. The lowest BCUT2D eigenvalue weighted by atomic mass is 10.2. The monoisotopic (exact) mass is 239 g/mol. The summed E-state index contributed by atoms with van der Waals surface area (Å²) in [5, 5.41) is 2.61. The lowest BCUT2D eigenvalue weighted by molar-refractivity contribution is -0.113. The fourth-order valence-corrected chi connectivity index (χ4v) is 1.58. The van der Waals surface area contributed by atoms with Gasteiger partial charge in [0.1, 0.15) is 19.4 Å². The van der Waals surface area contributed by atoms with Crippen LogP contribution in [-0.2, 0) is 9.36 Å². The van der Waals surface area contributed by atoms with Gasteiger partial charge >= 0.3 is 0 Å². The Morgan fingerprint density at radius 3 is 2.81 bits per heavy atom. The number of anilines is 1. The lowest BCUT2D eigenvalue weighted by Crippen LogP contribution is -2.16. The molecule has 1 aromatic carbocycles. The van der Waals surface area contributed by atoms with Gasteiger partial charge in [-0.3, -0.25) is 9.36 Å². The van der Waals surface area contributed by atoms with Crippen LogP contribution in [0.5, 0.6) is 11.5 Å². The van der Waals surface area contributed by atoms with E-state index in [1.807, 2.05) is 0 Å².